The van der Waals surface area contributed by atoms with Crippen LogP contribution in [0.2, 0.25) is 0 Å². The molecule has 21 heavy (non-hydrogen) atoms. The van der Waals surface area contributed by atoms with Gasteiger partial charge in [-0.15, -0.1) is 0 Å². The van der Waals surface area contributed by atoms with Gasteiger partial charge in [-0.1, -0.05) is 26.1 Å². The number of nitrogens with two attached hydrogens (primary N) is 1. The van der Waals surface area contributed by atoms with E-state index in [1.165, 1.54) is 7.11 Å². The van der Waals surface area contributed by atoms with E-state index in [1.54, 1.807) is 4.90 Å². The predicted molar refractivity (Wildman–Crippen MR) is 82.8 cm³/mol. The molecule has 0 radical (unpaired) electrons. The highest BCUT2D eigenvalue weighted by Gasteiger charge is 2.42. The van der Waals surface area contributed by atoms with Crippen molar-refractivity contribution in [2.45, 2.75) is 39.2 Å². The van der Waals surface area contributed by atoms with Gasteiger partial charge in [0.25, 0.3) is 0 Å². The molecule has 1 fully saturated rings. The zero-order chi connectivity index (χ0) is 16.0. The van der Waals surface area contributed by atoms with E-state index in [0.29, 0.717) is 32.5 Å². The van der Waals surface area contributed by atoms with Crippen molar-refractivity contribution >= 4 is 29.1 Å². The lowest BCUT2D eigenvalue weighted by atomic mass is 9.80. The van der Waals surface area contributed by atoms with Gasteiger partial charge >= 0.3 is 5.97 Å². The molecule has 6 nitrogen and oxygen atoms in total. The number of carbonyl (C=O) groups excluding carboxylic acids is 2. The highest BCUT2D eigenvalue weighted by molar-refractivity contribution is 7.80. The fraction of sp³-hybridized carbons (Fsp3) is 0.786. The number of thiocarbonyl (C=S) groups is 1. The number of hydrogen-bond acceptors (Lipinski definition) is 5. The van der Waals surface area contributed by atoms with Gasteiger partial charge in [0.2, 0.25) is 5.91 Å². The van der Waals surface area contributed by atoms with Gasteiger partial charge in [0.1, 0.15) is 0 Å². The van der Waals surface area contributed by atoms with Crippen molar-refractivity contribution in [3.63, 3.8) is 0 Å². The van der Waals surface area contributed by atoms with Crippen LogP contribution in [0, 0.1) is 5.41 Å². The van der Waals surface area contributed by atoms with Crippen LogP contribution in [-0.4, -0.2) is 54.7 Å². The number of rotatable bonds is 6. The molecule has 0 bridgehead atoms. The molecule has 0 aliphatic carbocycles. The number of hydrogen-bond donors (Lipinski definition) is 1. The Labute approximate surface area is 130 Å². The monoisotopic (exact) mass is 316 g/mol. The van der Waals surface area contributed by atoms with E-state index in [0.717, 1.165) is 0 Å². The first-order valence-corrected chi connectivity index (χ1v) is 7.59. The third-order valence-electron chi connectivity index (χ3n) is 4.14. The van der Waals surface area contributed by atoms with Crippen LogP contribution in [0.4, 0.5) is 0 Å². The molecule has 1 aliphatic rings. The maximum atomic E-state index is 12.8. The van der Waals surface area contributed by atoms with Crippen molar-refractivity contribution in [2.24, 2.45) is 11.1 Å². The molecule has 120 valence electrons. The molecular weight excluding hydrogens is 292 g/mol. The zero-order valence-corrected chi connectivity index (χ0v) is 13.7. The Morgan fingerprint density at radius 3 is 2.52 bits per heavy atom. The summed E-state index contributed by atoms with van der Waals surface area (Å²) >= 11 is 5.12. The zero-order valence-electron chi connectivity index (χ0n) is 12.9. The lowest BCUT2D eigenvalue weighted by molar-refractivity contribution is -0.153. The summed E-state index contributed by atoms with van der Waals surface area (Å²) in [7, 11) is 1.33. The van der Waals surface area contributed by atoms with Gasteiger partial charge in [0, 0.05) is 13.1 Å². The number of morpholine rings is 1. The molecule has 0 aromatic rings. The average molecular weight is 316 g/mol. The molecule has 0 aromatic carbocycles. The predicted octanol–water partition coefficient (Wildman–Crippen LogP) is 0.869. The van der Waals surface area contributed by atoms with Gasteiger partial charge in [-0.25, -0.2) is 0 Å². The first kappa shape index (κ1) is 17.8. The SMILES string of the molecule is CCC(CC)(C(=O)N1CCOC(CC(=O)OC)C1)C(N)=S. The van der Waals surface area contributed by atoms with Crippen LogP contribution in [0.5, 0.6) is 0 Å². The van der Waals surface area contributed by atoms with Crippen molar-refractivity contribution in [1.82, 2.24) is 4.90 Å². The maximum absolute atomic E-state index is 12.8. The van der Waals surface area contributed by atoms with Gasteiger partial charge in [-0.3, -0.25) is 9.59 Å². The van der Waals surface area contributed by atoms with Crippen molar-refractivity contribution < 1.29 is 19.1 Å². The third-order valence-corrected chi connectivity index (χ3v) is 4.53. The summed E-state index contributed by atoms with van der Waals surface area (Å²) in [5, 5.41) is 0. The summed E-state index contributed by atoms with van der Waals surface area (Å²) in [6, 6.07) is 0. The first-order valence-electron chi connectivity index (χ1n) is 7.19. The molecule has 1 aliphatic heterocycles. The molecule has 0 spiro atoms. The molecule has 1 amide bonds. The smallest absolute Gasteiger partial charge is 0.308 e. The molecular formula is C14H24N2O4S. The van der Waals surface area contributed by atoms with Crippen LogP contribution in [0.15, 0.2) is 0 Å². The van der Waals surface area contributed by atoms with E-state index in [-0.39, 0.29) is 29.4 Å². The Kier molecular flexibility index (Phi) is 6.54. The van der Waals surface area contributed by atoms with Crippen molar-refractivity contribution in [1.29, 1.82) is 0 Å². The third kappa shape index (κ3) is 3.91. The summed E-state index contributed by atoms with van der Waals surface area (Å²) < 4.78 is 10.1. The number of ether oxygens (including phenoxy) is 2. The Morgan fingerprint density at radius 2 is 2.05 bits per heavy atom. The number of carbonyl (C=O) groups is 2. The van der Waals surface area contributed by atoms with E-state index in [1.807, 2.05) is 13.8 Å². The molecule has 1 atom stereocenters. The van der Waals surface area contributed by atoms with Crippen molar-refractivity contribution in [3.05, 3.63) is 0 Å². The highest BCUT2D eigenvalue weighted by Crippen LogP contribution is 2.30. The Bertz CT molecular complexity index is 410. The van der Waals surface area contributed by atoms with Crippen LogP contribution < -0.4 is 5.73 Å². The van der Waals surface area contributed by atoms with Gasteiger partial charge < -0.3 is 20.1 Å². The van der Waals surface area contributed by atoms with Gasteiger partial charge in [0.05, 0.1) is 36.6 Å². The molecule has 7 heteroatoms. The fourth-order valence-corrected chi connectivity index (χ4v) is 2.98. The van der Waals surface area contributed by atoms with E-state index in [9.17, 15) is 9.59 Å². The fourth-order valence-electron chi connectivity index (χ4n) is 2.61. The summed E-state index contributed by atoms with van der Waals surface area (Å²) in [5.74, 6) is -0.418. The summed E-state index contributed by atoms with van der Waals surface area (Å²) in [4.78, 5) is 26.1. The minimum absolute atomic E-state index is 0.0711. The minimum atomic E-state index is -0.803. The van der Waals surface area contributed by atoms with E-state index < -0.39 is 5.41 Å². The van der Waals surface area contributed by atoms with Crippen molar-refractivity contribution in [3.8, 4) is 0 Å². The first-order chi connectivity index (χ1) is 9.91. The number of esters is 1. The largest absolute Gasteiger partial charge is 0.469 e. The summed E-state index contributed by atoms with van der Waals surface area (Å²) in [6.45, 7) is 5.06. The second-order valence-electron chi connectivity index (χ2n) is 5.18. The Hall–Kier alpha value is -1.21. The minimum Gasteiger partial charge on any atom is -0.469 e. The normalized spacial score (nSPS) is 19.2. The lowest BCUT2D eigenvalue weighted by Gasteiger charge is -2.39. The van der Waals surface area contributed by atoms with Crippen molar-refractivity contribution in [2.75, 3.05) is 26.8 Å². The van der Waals surface area contributed by atoms with Crippen LogP contribution in [0.25, 0.3) is 0 Å². The summed E-state index contributed by atoms with van der Waals surface area (Å²) in [6.07, 6.45) is 0.930. The average Bonchev–Trinajstić information content (AvgIpc) is 2.48. The second kappa shape index (κ2) is 7.70. The Morgan fingerprint density at radius 1 is 1.43 bits per heavy atom. The second-order valence-corrected chi connectivity index (χ2v) is 5.62. The molecule has 1 rings (SSSR count). The molecule has 1 saturated heterocycles. The van der Waals surface area contributed by atoms with Crippen LogP contribution in [0.3, 0.4) is 0 Å². The topological polar surface area (TPSA) is 81.9 Å². The number of methoxy groups -OCH3 is 1. The molecule has 1 heterocycles. The van der Waals surface area contributed by atoms with Crippen LogP contribution in [0.1, 0.15) is 33.1 Å². The van der Waals surface area contributed by atoms with Crippen LogP contribution in [-0.2, 0) is 19.1 Å². The Balaban J connectivity index is 2.81. The highest BCUT2D eigenvalue weighted by atomic mass is 32.1. The van der Waals surface area contributed by atoms with E-state index >= 15 is 0 Å². The lowest BCUT2D eigenvalue weighted by Crippen LogP contribution is -2.55. The van der Waals surface area contributed by atoms with Gasteiger partial charge in [-0.2, -0.15) is 0 Å². The molecule has 2 N–H and O–H groups in total. The molecule has 1 unspecified atom stereocenters. The van der Waals surface area contributed by atoms with Crippen LogP contribution >= 0.6 is 12.2 Å². The molecule has 0 aromatic heterocycles. The molecule has 0 saturated carbocycles. The van der Waals surface area contributed by atoms with Gasteiger partial charge in [0.15, 0.2) is 0 Å². The number of amides is 1. The van der Waals surface area contributed by atoms with Gasteiger partial charge in [-0.05, 0) is 12.8 Å². The van der Waals surface area contributed by atoms with E-state index in [4.69, 9.17) is 22.7 Å². The van der Waals surface area contributed by atoms with E-state index in [2.05, 4.69) is 4.74 Å². The standard InChI is InChI=1S/C14H24N2O4S/c1-4-14(5-2,12(15)21)13(18)16-6-7-20-10(9-16)8-11(17)19-3/h10H,4-9H2,1-3H3,(H2,15,21). The quantitative estimate of drug-likeness (QED) is 0.578. The maximum Gasteiger partial charge on any atom is 0.308 e. The summed E-state index contributed by atoms with van der Waals surface area (Å²) in [5.41, 5.74) is 5.01. The number of nitrogens with zero attached hydrogens (tertiary/aromatic N) is 1.